The second-order valence-electron chi connectivity index (χ2n) is 8.19. The van der Waals surface area contributed by atoms with Gasteiger partial charge in [-0.25, -0.2) is 9.98 Å². The molecule has 0 fully saturated rings. The number of nitrogens with zero attached hydrogens (tertiary/aromatic N) is 3. The number of likely N-dealkylation sites (N-methyl/N-ethyl adjacent to an activating group) is 1. The third-order valence-electron chi connectivity index (χ3n) is 4.29. The van der Waals surface area contributed by atoms with Crippen molar-refractivity contribution in [2.75, 3.05) is 33.7 Å². The Morgan fingerprint density at radius 2 is 1.76 bits per heavy atom. The van der Waals surface area contributed by atoms with Crippen LogP contribution in [-0.2, 0) is 23.1 Å². The van der Waals surface area contributed by atoms with Gasteiger partial charge in [-0.2, -0.15) is 0 Å². The first kappa shape index (κ1) is 22.9. The van der Waals surface area contributed by atoms with E-state index in [0.29, 0.717) is 12.5 Å². The lowest BCUT2D eigenvalue weighted by Gasteiger charge is -2.14. The zero-order valence-electron chi connectivity index (χ0n) is 18.2. The first-order valence-electron chi connectivity index (χ1n) is 9.97. The lowest BCUT2D eigenvalue weighted by molar-refractivity contribution is -0.127. The molecule has 1 aromatic carbocycles. The molecule has 1 aromatic heterocycles. The first-order valence-corrected chi connectivity index (χ1v) is 10.8. The van der Waals surface area contributed by atoms with E-state index in [1.54, 1.807) is 30.3 Å². The zero-order valence-corrected chi connectivity index (χ0v) is 19.0. The van der Waals surface area contributed by atoms with Crippen LogP contribution >= 0.6 is 11.3 Å². The monoisotopic (exact) mass is 415 g/mol. The van der Waals surface area contributed by atoms with Gasteiger partial charge in [-0.1, -0.05) is 51.1 Å². The summed E-state index contributed by atoms with van der Waals surface area (Å²) in [5.41, 5.74) is 2.43. The Morgan fingerprint density at radius 1 is 1.10 bits per heavy atom. The van der Waals surface area contributed by atoms with Crippen LogP contribution in [0.4, 0.5) is 0 Å². The van der Waals surface area contributed by atoms with Crippen LogP contribution in [0.5, 0.6) is 0 Å². The number of aliphatic imine (C=N–C) groups is 1. The molecule has 29 heavy (non-hydrogen) atoms. The van der Waals surface area contributed by atoms with E-state index in [-0.39, 0.29) is 17.9 Å². The van der Waals surface area contributed by atoms with Crippen molar-refractivity contribution in [1.82, 2.24) is 20.5 Å². The van der Waals surface area contributed by atoms with Crippen LogP contribution in [0.15, 0.2) is 40.7 Å². The molecule has 0 radical (unpaired) electrons. The fourth-order valence-corrected chi connectivity index (χ4v) is 3.45. The maximum Gasteiger partial charge on any atom is 0.243 e. The minimum Gasteiger partial charge on any atom is -0.356 e. The number of aromatic nitrogens is 1. The Morgan fingerprint density at radius 3 is 2.34 bits per heavy atom. The molecule has 0 bridgehead atoms. The Labute approximate surface area is 178 Å². The minimum absolute atomic E-state index is 0.0246. The van der Waals surface area contributed by atoms with Crippen molar-refractivity contribution in [3.05, 3.63) is 52.0 Å². The van der Waals surface area contributed by atoms with E-state index in [1.807, 2.05) is 18.2 Å². The molecule has 6 nitrogen and oxygen atoms in total. The molecule has 0 unspecified atom stereocenters. The van der Waals surface area contributed by atoms with Crippen LogP contribution in [-0.4, -0.2) is 55.5 Å². The highest BCUT2D eigenvalue weighted by molar-refractivity contribution is 7.09. The van der Waals surface area contributed by atoms with Crippen molar-refractivity contribution in [2.24, 2.45) is 4.99 Å². The molecule has 2 N–H and O–H groups in total. The third kappa shape index (κ3) is 8.23. The van der Waals surface area contributed by atoms with Gasteiger partial charge in [0.25, 0.3) is 0 Å². The second-order valence-corrected chi connectivity index (χ2v) is 9.04. The number of hydrogen-bond donors (Lipinski definition) is 2. The van der Waals surface area contributed by atoms with Gasteiger partial charge >= 0.3 is 0 Å². The number of rotatable bonds is 8. The molecule has 0 aliphatic carbocycles. The van der Waals surface area contributed by atoms with E-state index >= 15 is 0 Å². The summed E-state index contributed by atoms with van der Waals surface area (Å²) >= 11 is 1.71. The van der Waals surface area contributed by atoms with Crippen LogP contribution in [0.3, 0.4) is 0 Å². The van der Waals surface area contributed by atoms with Crippen molar-refractivity contribution >= 4 is 23.2 Å². The summed E-state index contributed by atoms with van der Waals surface area (Å²) in [6.45, 7) is 8.11. The van der Waals surface area contributed by atoms with Gasteiger partial charge in [0.2, 0.25) is 5.91 Å². The molecule has 0 aliphatic rings. The molecule has 1 heterocycles. The maximum absolute atomic E-state index is 11.9. The van der Waals surface area contributed by atoms with E-state index in [9.17, 15) is 4.79 Å². The van der Waals surface area contributed by atoms with Crippen molar-refractivity contribution in [2.45, 2.75) is 39.0 Å². The lowest BCUT2D eigenvalue weighted by Crippen LogP contribution is -2.40. The highest BCUT2D eigenvalue weighted by Crippen LogP contribution is 2.25. The van der Waals surface area contributed by atoms with Crippen LogP contribution in [0.25, 0.3) is 0 Å². The van der Waals surface area contributed by atoms with Crippen molar-refractivity contribution in [3.63, 3.8) is 0 Å². The third-order valence-corrected chi connectivity index (χ3v) is 5.60. The molecule has 2 aromatic rings. The van der Waals surface area contributed by atoms with Gasteiger partial charge in [0, 0.05) is 44.4 Å². The molecule has 0 saturated heterocycles. The molecule has 158 valence electrons. The standard InChI is InChI=1S/C22H33N5OS/c1-22(2,3)20-26-18(16-29-20)12-14-24-21(25-15-19(28)27(4)5)23-13-11-17-9-7-6-8-10-17/h6-10,16H,11-15H2,1-5H3,(H2,23,24,25). The van der Waals surface area contributed by atoms with Crippen LogP contribution in [0.2, 0.25) is 0 Å². The lowest BCUT2D eigenvalue weighted by atomic mass is 9.98. The van der Waals surface area contributed by atoms with Crippen molar-refractivity contribution in [1.29, 1.82) is 0 Å². The van der Waals surface area contributed by atoms with E-state index in [1.165, 1.54) is 5.56 Å². The maximum atomic E-state index is 11.9. The molecule has 0 saturated carbocycles. The summed E-state index contributed by atoms with van der Waals surface area (Å²) < 4.78 is 0. The molecule has 7 heteroatoms. The predicted octanol–water partition coefficient (Wildman–Crippen LogP) is 2.85. The summed E-state index contributed by atoms with van der Waals surface area (Å²) in [7, 11) is 3.48. The summed E-state index contributed by atoms with van der Waals surface area (Å²) in [4.78, 5) is 22.6. The molecule has 1 amide bonds. The van der Waals surface area contributed by atoms with Gasteiger partial charge in [0.1, 0.15) is 6.54 Å². The number of nitrogens with one attached hydrogen (secondary N) is 2. The van der Waals surface area contributed by atoms with Crippen LogP contribution in [0, 0.1) is 0 Å². The largest absolute Gasteiger partial charge is 0.356 e. The van der Waals surface area contributed by atoms with E-state index < -0.39 is 0 Å². The summed E-state index contributed by atoms with van der Waals surface area (Å²) in [6, 6.07) is 10.3. The molecule has 0 spiro atoms. The van der Waals surface area contributed by atoms with Gasteiger partial charge in [-0.15, -0.1) is 11.3 Å². The Hall–Kier alpha value is -2.41. The average molecular weight is 416 g/mol. The smallest absolute Gasteiger partial charge is 0.243 e. The first-order chi connectivity index (χ1) is 13.8. The Bertz CT molecular complexity index is 793. The normalized spacial score (nSPS) is 12.0. The number of hydrogen-bond acceptors (Lipinski definition) is 4. The fourth-order valence-electron chi connectivity index (χ4n) is 2.51. The van der Waals surface area contributed by atoms with E-state index in [2.05, 4.69) is 53.9 Å². The zero-order chi connectivity index (χ0) is 21.3. The number of carbonyl (C=O) groups excluding carboxylic acids is 1. The fraction of sp³-hybridized carbons (Fsp3) is 0.500. The van der Waals surface area contributed by atoms with Gasteiger partial charge in [-0.05, 0) is 12.0 Å². The molecular weight excluding hydrogens is 382 g/mol. The average Bonchev–Trinajstić information content (AvgIpc) is 3.15. The number of guanidine groups is 1. The second kappa shape index (κ2) is 11.0. The summed E-state index contributed by atoms with van der Waals surface area (Å²) in [5, 5.41) is 9.93. The van der Waals surface area contributed by atoms with E-state index in [4.69, 9.17) is 4.98 Å². The molecule has 0 atom stereocenters. The number of carbonyl (C=O) groups is 1. The highest BCUT2D eigenvalue weighted by atomic mass is 32.1. The molecule has 2 rings (SSSR count). The summed E-state index contributed by atoms with van der Waals surface area (Å²) in [5.74, 6) is 0.630. The van der Waals surface area contributed by atoms with Gasteiger partial charge in [-0.3, -0.25) is 4.79 Å². The van der Waals surface area contributed by atoms with Gasteiger partial charge < -0.3 is 15.5 Å². The highest BCUT2D eigenvalue weighted by Gasteiger charge is 2.17. The number of benzene rings is 1. The molecule has 0 aliphatic heterocycles. The Kier molecular flexibility index (Phi) is 8.64. The van der Waals surface area contributed by atoms with Gasteiger partial charge in [0.05, 0.1) is 10.7 Å². The summed E-state index contributed by atoms with van der Waals surface area (Å²) in [6.07, 6.45) is 1.71. The quantitative estimate of drug-likeness (QED) is 0.514. The van der Waals surface area contributed by atoms with Crippen LogP contribution < -0.4 is 10.6 Å². The number of thiazole rings is 1. The predicted molar refractivity (Wildman–Crippen MR) is 122 cm³/mol. The van der Waals surface area contributed by atoms with E-state index in [0.717, 1.165) is 30.1 Å². The topological polar surface area (TPSA) is 69.6 Å². The minimum atomic E-state index is -0.0246. The van der Waals surface area contributed by atoms with Crippen molar-refractivity contribution < 1.29 is 4.79 Å². The van der Waals surface area contributed by atoms with Crippen molar-refractivity contribution in [3.8, 4) is 0 Å². The SMILES string of the molecule is CN(C)C(=O)CN=C(NCCc1ccccc1)NCCc1csc(C(C)(C)C)n1. The van der Waals surface area contributed by atoms with Gasteiger partial charge in [0.15, 0.2) is 5.96 Å². The molecular formula is C22H33N5OS. The Balaban J connectivity index is 1.89. The van der Waals surface area contributed by atoms with Crippen LogP contribution in [0.1, 0.15) is 37.0 Å². The number of amides is 1.